The van der Waals surface area contributed by atoms with E-state index in [-0.39, 0.29) is 11.8 Å². The number of benzene rings is 1. The minimum Gasteiger partial charge on any atom is -0.506 e. The third-order valence-electron chi connectivity index (χ3n) is 4.37. The summed E-state index contributed by atoms with van der Waals surface area (Å²) in [5.41, 5.74) is 0.816. The molecule has 1 aromatic carbocycles. The second-order valence-electron chi connectivity index (χ2n) is 6.11. The lowest BCUT2D eigenvalue weighted by Gasteiger charge is -2.36. The molecule has 0 bridgehead atoms. The van der Waals surface area contributed by atoms with Crippen molar-refractivity contribution in [2.75, 3.05) is 36.4 Å². The van der Waals surface area contributed by atoms with Gasteiger partial charge in [-0.3, -0.25) is 5.32 Å². The van der Waals surface area contributed by atoms with E-state index in [2.05, 4.69) is 20.4 Å². The zero-order valence-corrected chi connectivity index (χ0v) is 14.0. The van der Waals surface area contributed by atoms with Gasteiger partial charge in [0.05, 0.1) is 5.69 Å². The Balaban J connectivity index is 1.33. The summed E-state index contributed by atoms with van der Waals surface area (Å²) < 4.78 is 0. The number of aromatic hydroxyl groups is 1. The number of anilines is 2. The first kappa shape index (κ1) is 15.2. The number of rotatable bonds is 3. The van der Waals surface area contributed by atoms with Gasteiger partial charge in [0.25, 0.3) is 0 Å². The molecule has 1 saturated heterocycles. The first-order valence-corrected chi connectivity index (χ1v) is 8.94. The van der Waals surface area contributed by atoms with E-state index in [9.17, 15) is 9.90 Å². The molecule has 1 aliphatic carbocycles. The minimum atomic E-state index is -0.134. The van der Waals surface area contributed by atoms with E-state index in [1.807, 2.05) is 12.1 Å². The molecular weight excluding hydrogens is 326 g/mol. The molecule has 1 saturated carbocycles. The number of hydrogen-bond donors (Lipinski definition) is 2. The highest BCUT2D eigenvalue weighted by molar-refractivity contribution is 7.15. The Bertz CT molecular complexity index is 738. The molecule has 2 fully saturated rings. The Morgan fingerprint density at radius 2 is 1.92 bits per heavy atom. The highest BCUT2D eigenvalue weighted by Crippen LogP contribution is 2.42. The predicted molar refractivity (Wildman–Crippen MR) is 92.8 cm³/mol. The summed E-state index contributed by atoms with van der Waals surface area (Å²) in [6.45, 7) is 2.59. The Kier molecular flexibility index (Phi) is 3.97. The molecule has 8 heteroatoms. The van der Waals surface area contributed by atoms with E-state index in [1.165, 1.54) is 24.2 Å². The number of nitrogens with one attached hydrogen (secondary N) is 1. The fourth-order valence-electron chi connectivity index (χ4n) is 2.83. The van der Waals surface area contributed by atoms with Crippen molar-refractivity contribution in [3.63, 3.8) is 0 Å². The van der Waals surface area contributed by atoms with E-state index in [1.54, 1.807) is 17.0 Å². The van der Waals surface area contributed by atoms with Crippen LogP contribution in [0.15, 0.2) is 24.3 Å². The first-order chi connectivity index (χ1) is 11.7. The van der Waals surface area contributed by atoms with Gasteiger partial charge >= 0.3 is 6.03 Å². The molecule has 0 radical (unpaired) electrons. The molecule has 2 amide bonds. The van der Waals surface area contributed by atoms with Crippen LogP contribution in [0.1, 0.15) is 23.8 Å². The molecule has 2 N–H and O–H groups in total. The Morgan fingerprint density at radius 3 is 2.62 bits per heavy atom. The number of piperazine rings is 1. The third-order valence-corrected chi connectivity index (χ3v) is 5.37. The molecule has 2 heterocycles. The van der Waals surface area contributed by atoms with E-state index < -0.39 is 0 Å². The Labute approximate surface area is 143 Å². The van der Waals surface area contributed by atoms with Crippen LogP contribution in [0.2, 0.25) is 0 Å². The van der Waals surface area contributed by atoms with Crippen LogP contribution >= 0.6 is 11.3 Å². The summed E-state index contributed by atoms with van der Waals surface area (Å²) >= 11 is 1.47. The van der Waals surface area contributed by atoms with Crippen LogP contribution in [0.25, 0.3) is 0 Å². The maximum absolute atomic E-state index is 12.4. The van der Waals surface area contributed by atoms with Crippen LogP contribution in [-0.4, -0.2) is 52.4 Å². The molecule has 126 valence electrons. The second-order valence-corrected chi connectivity index (χ2v) is 7.12. The average Bonchev–Trinajstić information content (AvgIpc) is 3.35. The number of hydrogen-bond acceptors (Lipinski definition) is 6. The smallest absolute Gasteiger partial charge is 0.323 e. The van der Waals surface area contributed by atoms with Crippen LogP contribution in [0.3, 0.4) is 0 Å². The van der Waals surface area contributed by atoms with E-state index >= 15 is 0 Å². The van der Waals surface area contributed by atoms with Crippen molar-refractivity contribution < 1.29 is 9.90 Å². The van der Waals surface area contributed by atoms with Crippen molar-refractivity contribution in [1.29, 1.82) is 0 Å². The number of amides is 2. The van der Waals surface area contributed by atoms with E-state index in [0.29, 0.717) is 37.2 Å². The van der Waals surface area contributed by atoms with Gasteiger partial charge in [-0.05, 0) is 25.0 Å². The van der Waals surface area contributed by atoms with E-state index in [4.69, 9.17) is 0 Å². The van der Waals surface area contributed by atoms with Crippen molar-refractivity contribution in [1.82, 2.24) is 15.1 Å². The van der Waals surface area contributed by atoms with Crippen LogP contribution < -0.4 is 10.2 Å². The molecule has 0 atom stereocenters. The van der Waals surface area contributed by atoms with Crippen LogP contribution in [0.4, 0.5) is 15.6 Å². The number of nitrogens with zero attached hydrogens (tertiary/aromatic N) is 4. The lowest BCUT2D eigenvalue weighted by molar-refractivity contribution is 0.208. The number of carbonyl (C=O) groups excluding carboxylic acids is 1. The highest BCUT2D eigenvalue weighted by Gasteiger charge is 2.28. The average molecular weight is 345 g/mol. The topological polar surface area (TPSA) is 81.6 Å². The van der Waals surface area contributed by atoms with Crippen molar-refractivity contribution in [3.8, 4) is 5.75 Å². The molecule has 24 heavy (non-hydrogen) atoms. The van der Waals surface area contributed by atoms with Gasteiger partial charge < -0.3 is 14.9 Å². The van der Waals surface area contributed by atoms with E-state index in [0.717, 1.165) is 10.7 Å². The predicted octanol–water partition coefficient (Wildman–Crippen LogP) is 2.48. The quantitative estimate of drug-likeness (QED) is 0.893. The number of carbonyl (C=O) groups is 1. The lowest BCUT2D eigenvalue weighted by Crippen LogP contribution is -2.50. The van der Waals surface area contributed by atoms with Gasteiger partial charge in [-0.1, -0.05) is 23.5 Å². The van der Waals surface area contributed by atoms with Gasteiger partial charge in [0.1, 0.15) is 10.8 Å². The number of para-hydroxylation sites is 2. The molecule has 2 aliphatic rings. The van der Waals surface area contributed by atoms with Gasteiger partial charge in [-0.25, -0.2) is 4.79 Å². The van der Waals surface area contributed by atoms with Crippen LogP contribution in [0.5, 0.6) is 5.75 Å². The summed E-state index contributed by atoms with van der Waals surface area (Å²) in [6, 6.07) is 7.15. The molecule has 2 aromatic rings. The van der Waals surface area contributed by atoms with Crippen molar-refractivity contribution in [3.05, 3.63) is 29.3 Å². The van der Waals surface area contributed by atoms with Crippen molar-refractivity contribution >= 4 is 28.2 Å². The standard InChI is InChI=1S/C16H19N5O2S/c22-13-4-2-1-3-12(13)20-7-9-21(10-8-20)16(23)17-15-19-18-14(24-15)11-5-6-11/h1-4,11,22H,5-10H2,(H,17,19,23). The first-order valence-electron chi connectivity index (χ1n) is 8.13. The summed E-state index contributed by atoms with van der Waals surface area (Å²) in [5.74, 6) is 0.826. The van der Waals surface area contributed by atoms with Crippen LogP contribution in [0, 0.1) is 0 Å². The number of phenolic OH excluding ortho intramolecular Hbond substituents is 1. The fraction of sp³-hybridized carbons (Fsp3) is 0.438. The molecule has 0 unspecified atom stereocenters. The highest BCUT2D eigenvalue weighted by atomic mass is 32.1. The monoisotopic (exact) mass is 345 g/mol. The zero-order valence-electron chi connectivity index (χ0n) is 13.2. The molecule has 0 spiro atoms. The summed E-state index contributed by atoms with van der Waals surface area (Å²) in [6.07, 6.45) is 2.35. The van der Waals surface area contributed by atoms with Gasteiger partial charge in [0, 0.05) is 32.1 Å². The Morgan fingerprint density at radius 1 is 1.17 bits per heavy atom. The normalized spacial score (nSPS) is 17.8. The zero-order chi connectivity index (χ0) is 16.5. The van der Waals surface area contributed by atoms with Crippen LogP contribution in [-0.2, 0) is 0 Å². The van der Waals surface area contributed by atoms with Gasteiger partial charge in [-0.2, -0.15) is 0 Å². The SMILES string of the molecule is O=C(Nc1nnc(C2CC2)s1)N1CCN(c2ccccc2O)CC1. The largest absolute Gasteiger partial charge is 0.506 e. The molecular formula is C16H19N5O2S. The summed E-state index contributed by atoms with van der Waals surface area (Å²) in [5, 5.41) is 22.6. The molecule has 4 rings (SSSR count). The molecule has 7 nitrogen and oxygen atoms in total. The molecule has 1 aliphatic heterocycles. The number of aromatic nitrogens is 2. The van der Waals surface area contributed by atoms with Gasteiger partial charge in [0.15, 0.2) is 0 Å². The number of urea groups is 1. The molecule has 1 aromatic heterocycles. The fourth-order valence-corrected chi connectivity index (χ4v) is 3.74. The third kappa shape index (κ3) is 3.14. The second kappa shape index (κ2) is 6.27. The van der Waals surface area contributed by atoms with Crippen molar-refractivity contribution in [2.24, 2.45) is 0 Å². The van der Waals surface area contributed by atoms with Gasteiger partial charge in [0.2, 0.25) is 5.13 Å². The minimum absolute atomic E-state index is 0.134. The van der Waals surface area contributed by atoms with Gasteiger partial charge in [-0.15, -0.1) is 10.2 Å². The summed E-state index contributed by atoms with van der Waals surface area (Å²) in [4.78, 5) is 16.2. The maximum Gasteiger partial charge on any atom is 0.323 e. The summed E-state index contributed by atoms with van der Waals surface area (Å²) in [7, 11) is 0. The van der Waals surface area contributed by atoms with Crippen molar-refractivity contribution in [2.45, 2.75) is 18.8 Å². The Hall–Kier alpha value is -2.35. The number of phenols is 1. The maximum atomic E-state index is 12.4. The lowest BCUT2D eigenvalue weighted by atomic mass is 10.2.